The Kier molecular flexibility index (Phi) is 6.53. The number of aryl methyl sites for hydroxylation is 1. The van der Waals surface area contributed by atoms with Crippen LogP contribution < -0.4 is 5.73 Å². The zero-order valence-corrected chi connectivity index (χ0v) is 24.0. The van der Waals surface area contributed by atoms with Gasteiger partial charge in [0, 0.05) is 31.3 Å². The van der Waals surface area contributed by atoms with Gasteiger partial charge in [0.25, 0.3) is 0 Å². The first kappa shape index (κ1) is 27.6. The third kappa shape index (κ3) is 4.55. The number of ether oxygens (including phenoxy) is 2. The second kappa shape index (κ2) is 9.93. The van der Waals surface area contributed by atoms with Crippen LogP contribution in [0.1, 0.15) is 57.6 Å². The molecule has 0 radical (unpaired) electrons. The Hall–Kier alpha value is -3.20. The van der Waals surface area contributed by atoms with Crippen LogP contribution in [0.3, 0.4) is 0 Å². The molecule has 42 heavy (non-hydrogen) atoms. The molecule has 5 atom stereocenters. The van der Waals surface area contributed by atoms with Crippen molar-refractivity contribution in [2.24, 2.45) is 5.92 Å². The second-order valence-electron chi connectivity index (χ2n) is 12.8. The first-order valence-electron chi connectivity index (χ1n) is 14.6. The molecule has 3 aromatic heterocycles. The highest BCUT2D eigenvalue weighted by Gasteiger charge is 2.56. The number of aliphatic hydroxyl groups excluding tert-OH is 2. The van der Waals surface area contributed by atoms with E-state index in [0.717, 1.165) is 48.1 Å². The SMILES string of the molecule is CC(C)(CO)c1ccc2nc(CCC3CC(N4C[C@H]5O[C@@H](n6cnc7c(N)ncnc76)[C@H](O)[C@@H]5OC4(C)O)C3)[nH]c2c1. The number of aromatic nitrogens is 6. The van der Waals surface area contributed by atoms with E-state index in [1.54, 1.807) is 11.5 Å². The monoisotopic (exact) mass is 578 g/mol. The van der Waals surface area contributed by atoms with Gasteiger partial charge in [-0.3, -0.25) is 4.57 Å². The Morgan fingerprint density at radius 3 is 2.81 bits per heavy atom. The molecule has 6 N–H and O–H groups in total. The highest BCUT2D eigenvalue weighted by Crippen LogP contribution is 2.44. The van der Waals surface area contributed by atoms with Crippen molar-refractivity contribution in [3.8, 4) is 0 Å². The molecule has 1 aromatic carbocycles. The van der Waals surface area contributed by atoms with Gasteiger partial charge >= 0.3 is 0 Å². The number of anilines is 1. The number of aliphatic hydroxyl groups is 3. The van der Waals surface area contributed by atoms with Crippen molar-refractivity contribution in [3.63, 3.8) is 0 Å². The highest BCUT2D eigenvalue weighted by atomic mass is 16.7. The molecule has 7 rings (SSSR count). The molecule has 13 nitrogen and oxygen atoms in total. The molecule has 224 valence electrons. The van der Waals surface area contributed by atoms with Crippen LogP contribution in [0.2, 0.25) is 0 Å². The van der Waals surface area contributed by atoms with Gasteiger partial charge in [-0.05, 0) is 42.9 Å². The summed E-state index contributed by atoms with van der Waals surface area (Å²) in [6, 6.07) is 6.27. The molecule has 2 saturated heterocycles. The Bertz CT molecular complexity index is 1610. The van der Waals surface area contributed by atoms with Crippen LogP contribution >= 0.6 is 0 Å². The summed E-state index contributed by atoms with van der Waals surface area (Å²) in [5, 5.41) is 32.1. The molecule has 5 heterocycles. The fourth-order valence-corrected chi connectivity index (χ4v) is 6.70. The Balaban J connectivity index is 0.978. The van der Waals surface area contributed by atoms with Gasteiger partial charge in [0.15, 0.2) is 17.7 Å². The van der Waals surface area contributed by atoms with Gasteiger partial charge < -0.3 is 35.5 Å². The van der Waals surface area contributed by atoms with Gasteiger partial charge in [0.2, 0.25) is 5.91 Å². The van der Waals surface area contributed by atoms with Gasteiger partial charge in [0.05, 0.1) is 24.0 Å². The zero-order valence-electron chi connectivity index (χ0n) is 24.0. The smallest absolute Gasteiger partial charge is 0.225 e. The largest absolute Gasteiger partial charge is 0.395 e. The van der Waals surface area contributed by atoms with Crippen LogP contribution in [0.15, 0.2) is 30.9 Å². The van der Waals surface area contributed by atoms with E-state index < -0.39 is 30.5 Å². The number of nitrogens with two attached hydrogens (primary N) is 1. The van der Waals surface area contributed by atoms with E-state index in [-0.39, 0.29) is 23.9 Å². The number of hydrogen-bond acceptors (Lipinski definition) is 11. The Labute approximate surface area is 242 Å². The normalized spacial score (nSPS) is 32.0. The maximum atomic E-state index is 11.3. The first-order chi connectivity index (χ1) is 20.0. The maximum Gasteiger partial charge on any atom is 0.225 e. The van der Waals surface area contributed by atoms with Crippen molar-refractivity contribution in [3.05, 3.63) is 42.2 Å². The van der Waals surface area contributed by atoms with Gasteiger partial charge in [-0.1, -0.05) is 19.9 Å². The molecule has 2 aliphatic heterocycles. The highest BCUT2D eigenvalue weighted by molar-refractivity contribution is 5.81. The minimum Gasteiger partial charge on any atom is -0.395 e. The number of benzene rings is 1. The quantitative estimate of drug-likeness (QED) is 0.215. The number of hydrogen-bond donors (Lipinski definition) is 5. The standard InChI is InChI=1S/C29H38N8O5/c1-28(2,12-38)16-5-6-18-19(10-16)35-21(34-18)7-4-15-8-17(9-15)37-11-20-24(42-29(37,3)40)23(39)27(41-20)36-14-33-22-25(30)31-13-32-26(22)36/h5-6,10,13-15,17,20,23-24,27,38-40H,4,7-9,11-12H2,1-3H3,(H,34,35)(H2,30,31,32)/t15?,17?,20-,23-,24-,27-,29?/m1/s1. The lowest BCUT2D eigenvalue weighted by atomic mass is 9.76. The van der Waals surface area contributed by atoms with E-state index >= 15 is 0 Å². The second-order valence-corrected chi connectivity index (χ2v) is 12.8. The fraction of sp³-hybridized carbons (Fsp3) is 0.586. The molecule has 3 aliphatic rings. The van der Waals surface area contributed by atoms with Crippen molar-refractivity contribution >= 4 is 28.0 Å². The lowest BCUT2D eigenvalue weighted by Crippen LogP contribution is -2.66. The summed E-state index contributed by atoms with van der Waals surface area (Å²) in [7, 11) is 0. The molecule has 1 unspecified atom stereocenters. The number of H-pyrrole nitrogens is 1. The predicted octanol–water partition coefficient (Wildman–Crippen LogP) is 1.59. The van der Waals surface area contributed by atoms with Crippen LogP contribution in [0.25, 0.3) is 22.2 Å². The molecule has 3 fully saturated rings. The van der Waals surface area contributed by atoms with E-state index in [1.807, 2.05) is 30.9 Å². The number of aromatic amines is 1. The molecule has 1 aliphatic carbocycles. The van der Waals surface area contributed by atoms with E-state index in [2.05, 4.69) is 26.0 Å². The average molecular weight is 579 g/mol. The van der Waals surface area contributed by atoms with Crippen molar-refractivity contribution < 1.29 is 24.8 Å². The number of nitrogens with zero attached hydrogens (tertiary/aromatic N) is 6. The van der Waals surface area contributed by atoms with Crippen LogP contribution in [-0.2, 0) is 21.3 Å². The van der Waals surface area contributed by atoms with Crippen molar-refractivity contribution in [2.75, 3.05) is 18.9 Å². The van der Waals surface area contributed by atoms with Gasteiger partial charge in [0.1, 0.15) is 36.0 Å². The summed E-state index contributed by atoms with van der Waals surface area (Å²) in [6.07, 6.45) is 3.63. The topological polar surface area (TPSA) is 181 Å². The number of nitrogen functional groups attached to an aromatic ring is 1. The number of fused-ring (bicyclic) bond motifs is 3. The van der Waals surface area contributed by atoms with Crippen LogP contribution in [-0.4, -0.2) is 93.1 Å². The summed E-state index contributed by atoms with van der Waals surface area (Å²) in [5.74, 6) is 0.191. The molecular weight excluding hydrogens is 540 g/mol. The zero-order chi connectivity index (χ0) is 29.4. The van der Waals surface area contributed by atoms with E-state index in [0.29, 0.717) is 23.6 Å². The van der Waals surface area contributed by atoms with Crippen LogP contribution in [0, 0.1) is 5.92 Å². The van der Waals surface area contributed by atoms with Gasteiger partial charge in [-0.2, -0.15) is 0 Å². The van der Waals surface area contributed by atoms with E-state index in [4.69, 9.17) is 20.2 Å². The fourth-order valence-electron chi connectivity index (χ4n) is 6.70. The average Bonchev–Trinajstić information content (AvgIpc) is 3.63. The molecule has 4 aromatic rings. The van der Waals surface area contributed by atoms with E-state index in [1.165, 1.54) is 12.7 Å². The summed E-state index contributed by atoms with van der Waals surface area (Å²) in [6.45, 7) is 6.20. The van der Waals surface area contributed by atoms with Crippen molar-refractivity contribution in [1.82, 2.24) is 34.4 Å². The minimum atomic E-state index is -1.53. The molecule has 0 spiro atoms. The van der Waals surface area contributed by atoms with Crippen LogP contribution in [0.5, 0.6) is 0 Å². The number of nitrogens with one attached hydrogen (secondary N) is 1. The van der Waals surface area contributed by atoms with Gasteiger partial charge in [-0.25, -0.2) is 24.8 Å². The predicted molar refractivity (Wildman–Crippen MR) is 153 cm³/mol. The molecular formula is C29H38N8O5. The molecule has 0 bridgehead atoms. The third-order valence-electron chi connectivity index (χ3n) is 9.39. The third-order valence-corrected chi connectivity index (χ3v) is 9.39. The number of imidazole rings is 2. The molecule has 1 saturated carbocycles. The summed E-state index contributed by atoms with van der Waals surface area (Å²) in [5.41, 5.74) is 9.53. The Morgan fingerprint density at radius 1 is 1.21 bits per heavy atom. The van der Waals surface area contributed by atoms with Crippen molar-refractivity contribution in [2.45, 2.75) is 88.4 Å². The summed E-state index contributed by atoms with van der Waals surface area (Å²) in [4.78, 5) is 22.7. The van der Waals surface area contributed by atoms with Gasteiger partial charge in [-0.15, -0.1) is 0 Å². The lowest BCUT2D eigenvalue weighted by Gasteiger charge is -2.53. The molecule has 0 amide bonds. The number of rotatable bonds is 7. The summed E-state index contributed by atoms with van der Waals surface area (Å²) >= 11 is 0. The summed E-state index contributed by atoms with van der Waals surface area (Å²) < 4.78 is 14.0. The maximum absolute atomic E-state index is 11.3. The lowest BCUT2D eigenvalue weighted by molar-refractivity contribution is -0.355. The molecule has 13 heteroatoms. The van der Waals surface area contributed by atoms with Crippen molar-refractivity contribution in [1.29, 1.82) is 0 Å². The van der Waals surface area contributed by atoms with Crippen LogP contribution in [0.4, 0.5) is 5.82 Å². The Morgan fingerprint density at radius 2 is 2.02 bits per heavy atom. The van der Waals surface area contributed by atoms with E-state index in [9.17, 15) is 15.3 Å². The minimum absolute atomic E-state index is 0.0821. The first-order valence-corrected chi connectivity index (χ1v) is 14.6.